The second-order valence-electron chi connectivity index (χ2n) is 15.9. The van der Waals surface area contributed by atoms with E-state index in [0.717, 1.165) is 19.3 Å². The largest absolute Gasteiger partial charge is 0.307 e. The van der Waals surface area contributed by atoms with Crippen LogP contribution < -0.4 is 0 Å². The molecule has 4 heterocycles. The van der Waals surface area contributed by atoms with Gasteiger partial charge < -0.3 is 4.57 Å². The number of nitrogens with zero attached hydrogens (tertiary/aromatic N) is 3. The van der Waals surface area contributed by atoms with Crippen molar-refractivity contribution >= 4 is 88.0 Å². The molecule has 13 rings (SSSR count). The van der Waals surface area contributed by atoms with E-state index < -0.39 is 0 Å². The summed E-state index contributed by atoms with van der Waals surface area (Å²) >= 11 is 2.04. The van der Waals surface area contributed by atoms with Crippen molar-refractivity contribution in [3.63, 3.8) is 0 Å². The molecule has 0 amide bonds. The van der Waals surface area contributed by atoms with Gasteiger partial charge >= 0.3 is 0 Å². The summed E-state index contributed by atoms with van der Waals surface area (Å²) in [6, 6.07) is 48.5. The first-order chi connectivity index (χ1) is 27.3. The fourth-order valence-corrected chi connectivity index (χ4v) is 12.1. The normalized spacial score (nSPS) is 18.8. The lowest BCUT2D eigenvalue weighted by Gasteiger charge is -2.50. The van der Waals surface area contributed by atoms with Crippen molar-refractivity contribution in [2.45, 2.75) is 44.2 Å². The third kappa shape index (κ3) is 3.85. The molecular formula is C51H37N3S. The highest BCUT2D eigenvalue weighted by molar-refractivity contribution is 7.20. The van der Waals surface area contributed by atoms with Gasteiger partial charge in [-0.3, -0.25) is 9.36 Å². The molecule has 3 nitrogen and oxygen atoms in total. The summed E-state index contributed by atoms with van der Waals surface area (Å²) in [4.78, 5) is 1.52. The maximum Gasteiger partial charge on any atom is 0.103 e. The van der Waals surface area contributed by atoms with Gasteiger partial charge in [0.15, 0.2) is 0 Å². The zero-order chi connectivity index (χ0) is 35.9. The molecule has 0 saturated heterocycles. The van der Waals surface area contributed by atoms with Crippen LogP contribution in [-0.4, -0.2) is 13.9 Å². The van der Waals surface area contributed by atoms with Gasteiger partial charge in [-0.25, -0.2) is 0 Å². The van der Waals surface area contributed by atoms with Gasteiger partial charge in [0.25, 0.3) is 0 Å². The Bertz CT molecular complexity index is 3320. The molecule has 3 unspecified atom stereocenters. The number of allylic oxidation sites excluding steroid dienone is 2. The van der Waals surface area contributed by atoms with Crippen molar-refractivity contribution in [1.29, 1.82) is 0 Å². The number of hydrogen-bond donors (Lipinski definition) is 0. The van der Waals surface area contributed by atoms with Crippen molar-refractivity contribution in [2.75, 3.05) is 0 Å². The quantitative estimate of drug-likeness (QED) is 0.172. The molecule has 3 aliphatic rings. The predicted octanol–water partition coefficient (Wildman–Crippen LogP) is 13.7. The van der Waals surface area contributed by atoms with Crippen molar-refractivity contribution in [3.05, 3.63) is 172 Å². The van der Waals surface area contributed by atoms with Gasteiger partial charge in [-0.2, -0.15) is 0 Å². The Hall–Kier alpha value is -6.10. The molecule has 3 atom stereocenters. The SMILES string of the molecule is CC1CC=Cc2c1sc1c2c2ccccc2c2c3c4c(ccc3n(-c3ccc(C5C(c6ccccc6)n6c7ccccc7n65)c5ccccc35)c12)CCC=C4. The van der Waals surface area contributed by atoms with E-state index in [1.807, 2.05) is 11.3 Å². The van der Waals surface area contributed by atoms with Crippen molar-refractivity contribution < 1.29 is 0 Å². The van der Waals surface area contributed by atoms with E-state index in [1.165, 1.54) is 103 Å². The lowest BCUT2D eigenvalue weighted by Crippen LogP contribution is -2.46. The summed E-state index contributed by atoms with van der Waals surface area (Å²) in [5.74, 6) is 0.506. The minimum absolute atomic E-state index is 0.194. The van der Waals surface area contributed by atoms with Gasteiger partial charge in [-0.15, -0.1) is 11.3 Å². The van der Waals surface area contributed by atoms with Gasteiger partial charge in [0.1, 0.15) is 12.1 Å². The van der Waals surface area contributed by atoms with Crippen LogP contribution in [0.3, 0.4) is 0 Å². The van der Waals surface area contributed by atoms with Gasteiger partial charge in [0, 0.05) is 26.4 Å². The van der Waals surface area contributed by atoms with Crippen LogP contribution in [0.5, 0.6) is 0 Å². The topological polar surface area (TPSA) is 14.8 Å². The summed E-state index contributed by atoms with van der Waals surface area (Å²) in [5, 5.41) is 9.53. The van der Waals surface area contributed by atoms with E-state index in [9.17, 15) is 0 Å². The summed E-state index contributed by atoms with van der Waals surface area (Å²) in [5.41, 5.74) is 13.5. The molecule has 0 saturated carbocycles. The van der Waals surface area contributed by atoms with Crippen molar-refractivity contribution in [2.24, 2.45) is 0 Å². The Morgan fingerprint density at radius 1 is 0.564 bits per heavy atom. The Labute approximate surface area is 322 Å². The predicted molar refractivity (Wildman–Crippen MR) is 233 cm³/mol. The number of hydrogen-bond acceptors (Lipinski definition) is 1. The number of aryl methyl sites for hydroxylation is 1. The van der Waals surface area contributed by atoms with E-state index in [1.54, 1.807) is 0 Å². The standard InChI is InChI=1S/C51H37N3S/c1-30-14-13-23-39-44-36-21-9-10-22-37(36)46-45-33-18-6-5-15-31(33)26-28-43(45)52(49(46)51(44)55-50(30)39)40-29-27-38(34-19-7-8-20-35(34)40)48-47(32-16-3-2-4-17-32)53-41-24-11-12-25-42(41)54(48)53/h2-4,6-13,16-30,47-48H,5,14-15H2,1H3. The van der Waals surface area contributed by atoms with E-state index in [2.05, 4.69) is 173 Å². The highest BCUT2D eigenvalue weighted by Gasteiger charge is 2.44. The Balaban J connectivity index is 1.16. The molecule has 0 radical (unpaired) electrons. The maximum atomic E-state index is 2.66. The van der Waals surface area contributed by atoms with E-state index in [0.29, 0.717) is 5.92 Å². The monoisotopic (exact) mass is 723 g/mol. The van der Waals surface area contributed by atoms with Crippen LogP contribution in [0, 0.1) is 0 Å². The molecule has 0 spiro atoms. The number of aromatic nitrogens is 3. The van der Waals surface area contributed by atoms with Gasteiger partial charge in [0.2, 0.25) is 0 Å². The second kappa shape index (κ2) is 11.0. The average molecular weight is 724 g/mol. The smallest absolute Gasteiger partial charge is 0.103 e. The van der Waals surface area contributed by atoms with Crippen molar-refractivity contribution in [3.8, 4) is 5.69 Å². The Morgan fingerprint density at radius 3 is 2.07 bits per heavy atom. The number of fused-ring (bicyclic) bond motifs is 17. The number of thiophene rings is 1. The molecule has 55 heavy (non-hydrogen) atoms. The summed E-state index contributed by atoms with van der Waals surface area (Å²) in [6.07, 6.45) is 12.9. The van der Waals surface area contributed by atoms with Crippen molar-refractivity contribution in [1.82, 2.24) is 13.9 Å². The lowest BCUT2D eigenvalue weighted by atomic mass is 9.85. The first-order valence-electron chi connectivity index (χ1n) is 19.8. The van der Waals surface area contributed by atoms with Crippen LogP contribution in [0.15, 0.2) is 140 Å². The molecule has 3 aromatic heterocycles. The van der Waals surface area contributed by atoms with Crippen LogP contribution >= 0.6 is 11.3 Å². The van der Waals surface area contributed by atoms with E-state index in [-0.39, 0.29) is 12.1 Å². The molecule has 0 fully saturated rings. The molecule has 10 aromatic rings. The minimum atomic E-state index is 0.194. The number of para-hydroxylation sites is 2. The zero-order valence-electron chi connectivity index (χ0n) is 30.5. The van der Waals surface area contributed by atoms with E-state index in [4.69, 9.17) is 0 Å². The van der Waals surface area contributed by atoms with Crippen LogP contribution in [0.4, 0.5) is 0 Å². The second-order valence-corrected chi connectivity index (χ2v) is 17.0. The fourth-order valence-electron chi connectivity index (χ4n) is 10.7. The molecule has 2 aliphatic carbocycles. The first-order valence-corrected chi connectivity index (χ1v) is 20.6. The maximum absolute atomic E-state index is 2.66. The van der Waals surface area contributed by atoms with E-state index >= 15 is 0 Å². The highest BCUT2D eigenvalue weighted by Crippen LogP contribution is 2.54. The molecule has 0 N–H and O–H groups in total. The third-order valence-corrected chi connectivity index (χ3v) is 14.5. The lowest BCUT2D eigenvalue weighted by molar-refractivity contribution is 0.203. The molecular weight excluding hydrogens is 687 g/mol. The number of benzene rings is 7. The van der Waals surface area contributed by atoms with Gasteiger partial charge in [-0.05, 0) is 93.4 Å². The van der Waals surface area contributed by atoms with Crippen LogP contribution in [0.1, 0.15) is 70.5 Å². The molecule has 0 bridgehead atoms. The molecule has 262 valence electrons. The summed E-state index contributed by atoms with van der Waals surface area (Å²) in [6.45, 7) is 2.40. The Morgan fingerprint density at radius 2 is 1.25 bits per heavy atom. The third-order valence-electron chi connectivity index (χ3n) is 13.1. The molecule has 1 aliphatic heterocycles. The van der Waals surface area contributed by atoms with Gasteiger partial charge in [-0.1, -0.05) is 134 Å². The Kier molecular flexibility index (Phi) is 6.05. The fraction of sp³-hybridized carbons (Fsp3) is 0.137. The van der Waals surface area contributed by atoms with Crippen LogP contribution in [0.2, 0.25) is 0 Å². The highest BCUT2D eigenvalue weighted by atomic mass is 32.1. The summed E-state index contributed by atoms with van der Waals surface area (Å²) in [7, 11) is 0. The first kappa shape index (κ1) is 30.3. The molecule has 7 aromatic carbocycles. The minimum Gasteiger partial charge on any atom is -0.307 e. The van der Waals surface area contributed by atoms with Crippen LogP contribution in [-0.2, 0) is 6.42 Å². The summed E-state index contributed by atoms with van der Waals surface area (Å²) < 4.78 is 9.09. The average Bonchev–Trinajstić information content (AvgIpc) is 3.79. The molecule has 4 heteroatoms. The zero-order valence-corrected chi connectivity index (χ0v) is 31.4. The number of rotatable bonds is 3. The van der Waals surface area contributed by atoms with Gasteiger partial charge in [0.05, 0.1) is 32.5 Å². The van der Waals surface area contributed by atoms with Crippen LogP contribution in [0.25, 0.3) is 82.3 Å².